The van der Waals surface area contributed by atoms with Gasteiger partial charge in [0, 0.05) is 25.4 Å². The van der Waals surface area contributed by atoms with Crippen molar-refractivity contribution in [3.63, 3.8) is 0 Å². The van der Waals surface area contributed by atoms with Gasteiger partial charge in [-0.15, -0.1) is 0 Å². The number of β-amino-alcohol motifs (C(OH)–C–C–N with tert-alkyl or cyclic N) is 1. The van der Waals surface area contributed by atoms with Gasteiger partial charge in [-0.05, 0) is 24.8 Å². The number of hydrogen-bond donors (Lipinski definition) is 3. The number of H-pyrrole nitrogens is 1. The highest BCUT2D eigenvalue weighted by atomic mass is 16.3. The summed E-state index contributed by atoms with van der Waals surface area (Å²) in [6.45, 7) is 2.59. The highest BCUT2D eigenvalue weighted by Crippen LogP contribution is 2.13. The number of aliphatic hydroxyl groups is 2. The maximum absolute atomic E-state index is 12.2. The summed E-state index contributed by atoms with van der Waals surface area (Å²) in [4.78, 5) is 31.5. The Balaban J connectivity index is 2.19. The first-order valence-corrected chi connectivity index (χ1v) is 6.68. The Morgan fingerprint density at radius 3 is 3.00 bits per heavy atom. The molecule has 0 bridgehead atoms. The van der Waals surface area contributed by atoms with Crippen molar-refractivity contribution in [3.05, 3.63) is 27.9 Å². The molecule has 1 saturated heterocycles. The van der Waals surface area contributed by atoms with Gasteiger partial charge in [-0.1, -0.05) is 6.92 Å². The summed E-state index contributed by atoms with van der Waals surface area (Å²) in [6.07, 6.45) is 0.510. The average Bonchev–Trinajstić information content (AvgIpc) is 2.83. The maximum atomic E-state index is 12.2. The molecule has 7 nitrogen and oxygen atoms in total. The second kappa shape index (κ2) is 6.15. The fourth-order valence-corrected chi connectivity index (χ4v) is 2.26. The highest BCUT2D eigenvalue weighted by molar-refractivity contribution is 5.92. The molecule has 20 heavy (non-hydrogen) atoms. The number of carbonyl (C=O) groups excluding carboxylic acids is 1. The van der Waals surface area contributed by atoms with Crippen molar-refractivity contribution >= 4 is 5.91 Å². The summed E-state index contributed by atoms with van der Waals surface area (Å²) in [5, 5.41) is 18.5. The minimum absolute atomic E-state index is 0.00590. The summed E-state index contributed by atoms with van der Waals surface area (Å²) < 4.78 is 0. The van der Waals surface area contributed by atoms with Crippen LogP contribution in [0.5, 0.6) is 0 Å². The van der Waals surface area contributed by atoms with Crippen molar-refractivity contribution in [3.8, 4) is 0 Å². The Morgan fingerprint density at radius 2 is 2.40 bits per heavy atom. The largest absolute Gasteiger partial charge is 0.396 e. The van der Waals surface area contributed by atoms with Crippen LogP contribution in [0.2, 0.25) is 0 Å². The van der Waals surface area contributed by atoms with E-state index < -0.39 is 11.8 Å². The topological polar surface area (TPSA) is 107 Å². The monoisotopic (exact) mass is 281 g/mol. The number of likely N-dealkylation sites (tertiary alicyclic amines) is 1. The number of rotatable bonds is 4. The molecule has 2 atom stereocenters. The number of aromatic amines is 1. The van der Waals surface area contributed by atoms with Gasteiger partial charge in [0.1, 0.15) is 5.69 Å². The van der Waals surface area contributed by atoms with Crippen molar-refractivity contribution in [1.82, 2.24) is 14.9 Å². The lowest BCUT2D eigenvalue weighted by molar-refractivity contribution is 0.0758. The van der Waals surface area contributed by atoms with Crippen molar-refractivity contribution in [2.24, 2.45) is 5.92 Å². The van der Waals surface area contributed by atoms with Crippen LogP contribution in [0.1, 0.15) is 29.5 Å². The molecule has 110 valence electrons. The summed E-state index contributed by atoms with van der Waals surface area (Å²) in [6, 6.07) is 1.54. The Hall–Kier alpha value is -1.73. The van der Waals surface area contributed by atoms with Crippen LogP contribution in [0.15, 0.2) is 10.9 Å². The summed E-state index contributed by atoms with van der Waals surface area (Å²) in [7, 11) is 0. The fourth-order valence-electron chi connectivity index (χ4n) is 2.26. The van der Waals surface area contributed by atoms with Crippen molar-refractivity contribution in [2.75, 3.05) is 19.7 Å². The van der Waals surface area contributed by atoms with E-state index in [1.165, 1.54) is 4.90 Å². The zero-order valence-electron chi connectivity index (χ0n) is 11.4. The molecule has 2 rings (SSSR count). The SMILES string of the molecule is C[C@@H](CO)Cc1cc(C(=O)N2CC[C@@H](O)C2)nc(=O)[nH]1. The molecule has 1 aliphatic rings. The zero-order valence-corrected chi connectivity index (χ0v) is 11.4. The molecule has 3 N–H and O–H groups in total. The minimum Gasteiger partial charge on any atom is -0.396 e. The molecule has 0 aliphatic carbocycles. The molecular formula is C13H19N3O4. The summed E-state index contributed by atoms with van der Waals surface area (Å²) >= 11 is 0. The van der Waals surface area contributed by atoms with Gasteiger partial charge in [0.2, 0.25) is 0 Å². The van der Waals surface area contributed by atoms with Crippen molar-refractivity contribution in [1.29, 1.82) is 0 Å². The van der Waals surface area contributed by atoms with Crippen LogP contribution in [0, 0.1) is 5.92 Å². The first kappa shape index (κ1) is 14.7. The molecular weight excluding hydrogens is 262 g/mol. The van der Waals surface area contributed by atoms with Crippen LogP contribution < -0.4 is 5.69 Å². The smallest absolute Gasteiger partial charge is 0.345 e. The van der Waals surface area contributed by atoms with Gasteiger partial charge in [0.05, 0.1) is 6.10 Å². The number of aromatic nitrogens is 2. The maximum Gasteiger partial charge on any atom is 0.345 e. The third kappa shape index (κ3) is 3.43. The molecule has 0 unspecified atom stereocenters. The molecule has 7 heteroatoms. The van der Waals surface area contributed by atoms with Crippen molar-refractivity contribution < 1.29 is 15.0 Å². The lowest BCUT2D eigenvalue weighted by atomic mass is 10.1. The third-order valence-corrected chi connectivity index (χ3v) is 3.35. The second-order valence-corrected chi connectivity index (χ2v) is 5.28. The molecule has 1 aromatic heterocycles. The van der Waals surface area contributed by atoms with Gasteiger partial charge in [0.15, 0.2) is 0 Å². The Bertz CT molecular complexity index is 543. The molecule has 0 saturated carbocycles. The standard InChI is InChI=1S/C13H19N3O4/c1-8(7-17)4-9-5-11(15-13(20)14-9)12(19)16-3-2-10(18)6-16/h5,8,10,17-18H,2-4,6-7H2,1H3,(H,14,15,20)/t8-,10-/m1/s1. The first-order valence-electron chi connectivity index (χ1n) is 6.68. The van der Waals surface area contributed by atoms with E-state index in [0.717, 1.165) is 0 Å². The van der Waals surface area contributed by atoms with Gasteiger partial charge in [-0.2, -0.15) is 4.98 Å². The molecule has 1 amide bonds. The minimum atomic E-state index is -0.573. The van der Waals surface area contributed by atoms with Crippen LogP contribution >= 0.6 is 0 Å². The van der Waals surface area contributed by atoms with Crippen LogP contribution in [-0.2, 0) is 6.42 Å². The molecule has 0 radical (unpaired) electrons. The predicted molar refractivity (Wildman–Crippen MR) is 71.3 cm³/mol. The van der Waals surface area contributed by atoms with E-state index in [-0.39, 0.29) is 30.7 Å². The molecule has 1 aliphatic heterocycles. The number of amides is 1. The van der Waals surface area contributed by atoms with Crippen LogP contribution in [0.3, 0.4) is 0 Å². The average molecular weight is 281 g/mol. The molecule has 1 fully saturated rings. The fraction of sp³-hybridized carbons (Fsp3) is 0.615. The van der Waals surface area contributed by atoms with Crippen LogP contribution in [0.4, 0.5) is 0 Å². The predicted octanol–water partition coefficient (Wildman–Crippen LogP) is -0.852. The van der Waals surface area contributed by atoms with E-state index in [2.05, 4.69) is 9.97 Å². The number of hydrogen-bond acceptors (Lipinski definition) is 5. The number of carbonyl (C=O) groups is 1. The van der Waals surface area contributed by atoms with E-state index in [1.54, 1.807) is 6.07 Å². The van der Waals surface area contributed by atoms with Crippen LogP contribution in [-0.4, -0.2) is 56.8 Å². The molecule has 2 heterocycles. The highest BCUT2D eigenvalue weighted by Gasteiger charge is 2.26. The number of nitrogens with zero attached hydrogens (tertiary/aromatic N) is 2. The zero-order chi connectivity index (χ0) is 14.7. The molecule has 0 spiro atoms. The molecule has 1 aromatic rings. The normalized spacial score (nSPS) is 20.1. The number of aliphatic hydroxyl groups excluding tert-OH is 2. The summed E-state index contributed by atoms with van der Waals surface area (Å²) in [5.74, 6) is -0.352. The van der Waals surface area contributed by atoms with E-state index in [4.69, 9.17) is 5.11 Å². The van der Waals surface area contributed by atoms with Gasteiger partial charge in [0.25, 0.3) is 5.91 Å². The summed E-state index contributed by atoms with van der Waals surface area (Å²) in [5.41, 5.74) is 0.0911. The van der Waals surface area contributed by atoms with Gasteiger partial charge in [-0.3, -0.25) is 4.79 Å². The number of nitrogens with one attached hydrogen (secondary N) is 1. The molecule has 0 aromatic carbocycles. The Morgan fingerprint density at radius 1 is 1.65 bits per heavy atom. The Labute approximate surface area is 116 Å². The quantitative estimate of drug-likeness (QED) is 0.666. The van der Waals surface area contributed by atoms with E-state index in [1.807, 2.05) is 6.92 Å². The van der Waals surface area contributed by atoms with E-state index in [0.29, 0.717) is 25.1 Å². The van der Waals surface area contributed by atoms with Gasteiger partial charge < -0.3 is 20.1 Å². The van der Waals surface area contributed by atoms with Crippen LogP contribution in [0.25, 0.3) is 0 Å². The van der Waals surface area contributed by atoms with E-state index >= 15 is 0 Å². The third-order valence-electron chi connectivity index (χ3n) is 3.35. The Kier molecular flexibility index (Phi) is 4.51. The van der Waals surface area contributed by atoms with Gasteiger partial charge in [-0.25, -0.2) is 4.79 Å². The first-order chi connectivity index (χ1) is 9.49. The van der Waals surface area contributed by atoms with E-state index in [9.17, 15) is 14.7 Å². The van der Waals surface area contributed by atoms with Crippen molar-refractivity contribution in [2.45, 2.75) is 25.9 Å². The second-order valence-electron chi connectivity index (χ2n) is 5.28. The lowest BCUT2D eigenvalue weighted by Gasteiger charge is -2.15. The van der Waals surface area contributed by atoms with Gasteiger partial charge >= 0.3 is 5.69 Å². The lowest BCUT2D eigenvalue weighted by Crippen LogP contribution is -2.32.